The van der Waals surface area contributed by atoms with Gasteiger partial charge in [-0.1, -0.05) is 0 Å². The fourth-order valence-electron chi connectivity index (χ4n) is 1.86. The van der Waals surface area contributed by atoms with Gasteiger partial charge in [0.15, 0.2) is 0 Å². The van der Waals surface area contributed by atoms with Crippen LogP contribution < -0.4 is 4.90 Å². The number of rotatable bonds is 2. The van der Waals surface area contributed by atoms with Gasteiger partial charge in [-0.25, -0.2) is 4.79 Å². The molecule has 0 saturated carbocycles. The molecule has 84 valence electrons. The number of piperazine rings is 1. The SMILES string of the molecule is CN1CCN(c2ccc(N=C=O)cc2)CC1. The van der Waals surface area contributed by atoms with Gasteiger partial charge in [-0.2, -0.15) is 4.99 Å². The Labute approximate surface area is 95.2 Å². The van der Waals surface area contributed by atoms with Gasteiger partial charge in [0.2, 0.25) is 6.08 Å². The Bertz CT molecular complexity index is 387. The molecule has 16 heavy (non-hydrogen) atoms. The Balaban J connectivity index is 2.07. The van der Waals surface area contributed by atoms with E-state index in [9.17, 15) is 4.79 Å². The molecule has 1 fully saturated rings. The van der Waals surface area contributed by atoms with Crippen molar-refractivity contribution in [2.24, 2.45) is 4.99 Å². The second-order valence-corrected chi connectivity index (χ2v) is 4.01. The van der Waals surface area contributed by atoms with Gasteiger partial charge in [-0.15, -0.1) is 0 Å². The highest BCUT2D eigenvalue weighted by molar-refractivity contribution is 5.56. The van der Waals surface area contributed by atoms with Crippen LogP contribution in [0.15, 0.2) is 29.3 Å². The third kappa shape index (κ3) is 2.48. The van der Waals surface area contributed by atoms with Crippen LogP contribution in [0.2, 0.25) is 0 Å². The maximum Gasteiger partial charge on any atom is 0.240 e. The van der Waals surface area contributed by atoms with Crippen molar-refractivity contribution in [2.75, 3.05) is 38.1 Å². The monoisotopic (exact) mass is 217 g/mol. The summed E-state index contributed by atoms with van der Waals surface area (Å²) in [4.78, 5) is 18.3. The number of carbonyl (C=O) groups excluding carboxylic acids is 1. The summed E-state index contributed by atoms with van der Waals surface area (Å²) in [6.07, 6.45) is 1.54. The van der Waals surface area contributed by atoms with Gasteiger partial charge < -0.3 is 9.80 Å². The Hall–Kier alpha value is -1.64. The van der Waals surface area contributed by atoms with Gasteiger partial charge in [-0.3, -0.25) is 0 Å². The summed E-state index contributed by atoms with van der Waals surface area (Å²) in [7, 11) is 2.14. The summed E-state index contributed by atoms with van der Waals surface area (Å²) in [5.41, 5.74) is 1.85. The number of nitrogens with zero attached hydrogens (tertiary/aromatic N) is 3. The predicted octanol–water partition coefficient (Wildman–Crippen LogP) is 1.41. The maximum atomic E-state index is 10.1. The molecule has 0 unspecified atom stereocenters. The molecule has 0 bridgehead atoms. The second kappa shape index (κ2) is 4.92. The van der Waals surface area contributed by atoms with Crippen molar-refractivity contribution in [1.82, 2.24) is 4.90 Å². The summed E-state index contributed by atoms with van der Waals surface area (Å²) >= 11 is 0. The summed E-state index contributed by atoms with van der Waals surface area (Å²) < 4.78 is 0. The molecule has 0 aliphatic carbocycles. The van der Waals surface area contributed by atoms with Crippen molar-refractivity contribution < 1.29 is 4.79 Å². The molecule has 0 spiro atoms. The van der Waals surface area contributed by atoms with Crippen LogP contribution in [0, 0.1) is 0 Å². The largest absolute Gasteiger partial charge is 0.369 e. The number of isocyanates is 1. The molecule has 0 N–H and O–H groups in total. The van der Waals surface area contributed by atoms with Crippen LogP contribution >= 0.6 is 0 Å². The van der Waals surface area contributed by atoms with E-state index in [2.05, 4.69) is 21.8 Å². The number of anilines is 1. The Kier molecular flexibility index (Phi) is 3.34. The minimum absolute atomic E-state index is 0.660. The minimum Gasteiger partial charge on any atom is -0.369 e. The highest BCUT2D eigenvalue weighted by atomic mass is 16.1. The van der Waals surface area contributed by atoms with Gasteiger partial charge in [0.25, 0.3) is 0 Å². The first-order chi connectivity index (χ1) is 7.79. The third-order valence-corrected chi connectivity index (χ3v) is 2.89. The molecule has 1 aliphatic heterocycles. The predicted molar refractivity (Wildman–Crippen MR) is 63.9 cm³/mol. The molecule has 1 saturated heterocycles. The molecule has 0 aromatic heterocycles. The highest BCUT2D eigenvalue weighted by Gasteiger charge is 2.13. The lowest BCUT2D eigenvalue weighted by Gasteiger charge is -2.34. The normalized spacial score (nSPS) is 16.9. The standard InChI is InChI=1S/C12H15N3O/c1-14-6-8-15(9-7-14)12-4-2-11(3-5-12)13-10-16/h2-5H,6-9H2,1H3. The Morgan fingerprint density at radius 3 is 2.31 bits per heavy atom. The van der Waals surface area contributed by atoms with E-state index in [0.717, 1.165) is 26.2 Å². The van der Waals surface area contributed by atoms with E-state index >= 15 is 0 Å². The minimum atomic E-state index is 0.660. The highest BCUT2D eigenvalue weighted by Crippen LogP contribution is 2.20. The van der Waals surface area contributed by atoms with Gasteiger partial charge >= 0.3 is 0 Å². The average Bonchev–Trinajstić information content (AvgIpc) is 2.32. The van der Waals surface area contributed by atoms with E-state index in [-0.39, 0.29) is 0 Å². The zero-order valence-corrected chi connectivity index (χ0v) is 9.39. The summed E-state index contributed by atoms with van der Waals surface area (Å²) in [5.74, 6) is 0. The summed E-state index contributed by atoms with van der Waals surface area (Å²) in [6.45, 7) is 4.28. The Morgan fingerprint density at radius 1 is 1.12 bits per heavy atom. The van der Waals surface area contributed by atoms with Crippen LogP contribution in [0.1, 0.15) is 0 Å². The molecule has 4 heteroatoms. The first-order valence-electron chi connectivity index (χ1n) is 5.41. The molecular weight excluding hydrogens is 202 g/mol. The van der Waals surface area contributed by atoms with Crippen molar-refractivity contribution in [3.63, 3.8) is 0 Å². The number of benzene rings is 1. The molecule has 1 aliphatic rings. The molecule has 0 amide bonds. The lowest BCUT2D eigenvalue weighted by Crippen LogP contribution is -2.44. The first-order valence-corrected chi connectivity index (χ1v) is 5.41. The Morgan fingerprint density at radius 2 is 1.75 bits per heavy atom. The van der Waals surface area contributed by atoms with E-state index in [4.69, 9.17) is 0 Å². The lowest BCUT2D eigenvalue weighted by molar-refractivity contribution is 0.313. The van der Waals surface area contributed by atoms with Crippen LogP contribution in [-0.4, -0.2) is 44.2 Å². The van der Waals surface area contributed by atoms with Crippen molar-refractivity contribution in [3.8, 4) is 0 Å². The zero-order valence-electron chi connectivity index (χ0n) is 9.39. The molecular formula is C12H15N3O. The molecule has 1 aromatic rings. The number of hydrogen-bond donors (Lipinski definition) is 0. The summed E-state index contributed by atoms with van der Waals surface area (Å²) in [6, 6.07) is 7.69. The fourth-order valence-corrected chi connectivity index (χ4v) is 1.86. The van der Waals surface area contributed by atoms with Gasteiger partial charge in [0.05, 0.1) is 5.69 Å². The smallest absolute Gasteiger partial charge is 0.240 e. The van der Waals surface area contributed by atoms with Crippen molar-refractivity contribution in [3.05, 3.63) is 24.3 Å². The van der Waals surface area contributed by atoms with Crippen LogP contribution in [0.25, 0.3) is 0 Å². The second-order valence-electron chi connectivity index (χ2n) is 4.01. The molecule has 0 atom stereocenters. The van der Waals surface area contributed by atoms with Gasteiger partial charge in [0, 0.05) is 31.9 Å². The van der Waals surface area contributed by atoms with Gasteiger partial charge in [0.1, 0.15) is 0 Å². The van der Waals surface area contributed by atoms with Crippen molar-refractivity contribution >= 4 is 17.5 Å². The van der Waals surface area contributed by atoms with E-state index in [1.807, 2.05) is 24.3 Å². The van der Waals surface area contributed by atoms with Crippen molar-refractivity contribution in [1.29, 1.82) is 0 Å². The third-order valence-electron chi connectivity index (χ3n) is 2.89. The van der Waals surface area contributed by atoms with Gasteiger partial charge in [-0.05, 0) is 31.3 Å². The first kappa shape index (κ1) is 10.9. The van der Waals surface area contributed by atoms with Crippen molar-refractivity contribution in [2.45, 2.75) is 0 Å². The average molecular weight is 217 g/mol. The molecule has 1 aromatic carbocycles. The lowest BCUT2D eigenvalue weighted by atomic mass is 10.2. The van der Waals surface area contributed by atoms with Crippen LogP contribution in [0.4, 0.5) is 11.4 Å². The number of likely N-dealkylation sites (N-methyl/N-ethyl adjacent to an activating group) is 1. The quantitative estimate of drug-likeness (QED) is 0.555. The number of hydrogen-bond acceptors (Lipinski definition) is 4. The summed E-state index contributed by atoms with van der Waals surface area (Å²) in [5, 5.41) is 0. The van der Waals surface area contributed by atoms with E-state index in [1.54, 1.807) is 6.08 Å². The van der Waals surface area contributed by atoms with Crippen LogP contribution in [0.3, 0.4) is 0 Å². The molecule has 1 heterocycles. The van der Waals surface area contributed by atoms with E-state index < -0.39 is 0 Å². The molecule has 4 nitrogen and oxygen atoms in total. The topological polar surface area (TPSA) is 35.9 Å². The molecule has 2 rings (SSSR count). The van der Waals surface area contributed by atoms with Crippen LogP contribution in [-0.2, 0) is 4.79 Å². The number of aliphatic imine (C=N–C) groups is 1. The molecule has 0 radical (unpaired) electrons. The van der Waals surface area contributed by atoms with Crippen LogP contribution in [0.5, 0.6) is 0 Å². The van der Waals surface area contributed by atoms with E-state index in [1.165, 1.54) is 5.69 Å². The zero-order chi connectivity index (χ0) is 11.4. The maximum absolute atomic E-state index is 10.1. The van der Waals surface area contributed by atoms with E-state index in [0.29, 0.717) is 5.69 Å². The fraction of sp³-hybridized carbons (Fsp3) is 0.417.